The number of carbonyl (C=O) groups is 1. The minimum atomic E-state index is 0. The fourth-order valence-corrected chi connectivity index (χ4v) is 8.23. The Labute approximate surface area is 152 Å². The molecule has 0 aromatic rings. The molecule has 2 heteroatoms. The lowest BCUT2D eigenvalue weighted by atomic mass is 9.49. The summed E-state index contributed by atoms with van der Waals surface area (Å²) in [5.74, 6) is 2.94. The Kier molecular flexibility index (Phi) is 3.18. The molecule has 6 rings (SSSR count). The van der Waals surface area contributed by atoms with E-state index >= 15 is 0 Å². The molecule has 0 saturated heterocycles. The normalized spacial score (nSPS) is 52.4. The minimum Gasteiger partial charge on any atom is -0.369 e. The standard InChI is InChI=1S/C22H28O2.CH4/c1-20-9-6-15(23)13-14(20)4-5-16-17(20)7-10-21-18(16)8-11-22(21)19(21)3-2-12-24-22;/h3-4,16-18H,2,5-13H2,1H3;1H4/t16-,17+,18+,20+,21+,22?;/m1./s1. The molecule has 1 heterocycles. The first-order valence-corrected chi connectivity index (χ1v) is 10.2. The number of carbonyl (C=O) groups excluding carboxylic acids is 1. The summed E-state index contributed by atoms with van der Waals surface area (Å²) in [6.07, 6.45) is 15.4. The van der Waals surface area contributed by atoms with E-state index in [4.69, 9.17) is 4.74 Å². The highest BCUT2D eigenvalue weighted by Gasteiger charge is 2.81. The smallest absolute Gasteiger partial charge is 0.136 e. The predicted molar refractivity (Wildman–Crippen MR) is 99.2 cm³/mol. The molecule has 1 aliphatic heterocycles. The number of Topliss-reactive ketones (excluding diaryl/α,β-unsaturated/α-hetero) is 1. The Morgan fingerprint density at radius 3 is 2.80 bits per heavy atom. The lowest BCUT2D eigenvalue weighted by Crippen LogP contribution is -2.48. The highest BCUT2D eigenvalue weighted by molar-refractivity contribution is 5.82. The van der Waals surface area contributed by atoms with Crippen molar-refractivity contribution in [2.45, 2.75) is 77.7 Å². The van der Waals surface area contributed by atoms with Crippen LogP contribution in [0.2, 0.25) is 0 Å². The molecule has 1 unspecified atom stereocenters. The molecule has 0 bridgehead atoms. The second-order valence-electron chi connectivity index (χ2n) is 9.61. The molecule has 0 radical (unpaired) electrons. The van der Waals surface area contributed by atoms with Gasteiger partial charge in [0.25, 0.3) is 0 Å². The number of hydrogen-bond acceptors (Lipinski definition) is 2. The molecule has 0 aromatic heterocycles. The molecule has 25 heavy (non-hydrogen) atoms. The largest absolute Gasteiger partial charge is 0.369 e. The van der Waals surface area contributed by atoms with Crippen LogP contribution in [0.1, 0.15) is 72.1 Å². The highest BCUT2D eigenvalue weighted by atomic mass is 16.5. The van der Waals surface area contributed by atoms with Crippen molar-refractivity contribution < 1.29 is 9.53 Å². The van der Waals surface area contributed by atoms with E-state index in [9.17, 15) is 4.79 Å². The first kappa shape index (κ1) is 16.3. The third-order valence-corrected chi connectivity index (χ3v) is 9.21. The Morgan fingerprint density at radius 2 is 1.96 bits per heavy atom. The van der Waals surface area contributed by atoms with Crippen molar-refractivity contribution >= 4 is 5.78 Å². The summed E-state index contributed by atoms with van der Waals surface area (Å²) < 4.78 is 6.42. The van der Waals surface area contributed by atoms with E-state index in [0.717, 1.165) is 50.0 Å². The molecule has 5 aliphatic carbocycles. The van der Waals surface area contributed by atoms with E-state index in [-0.39, 0.29) is 13.0 Å². The zero-order chi connectivity index (χ0) is 16.2. The van der Waals surface area contributed by atoms with Crippen LogP contribution in [-0.4, -0.2) is 18.0 Å². The van der Waals surface area contributed by atoms with Gasteiger partial charge in [-0.15, -0.1) is 0 Å². The fraction of sp³-hybridized carbons (Fsp3) is 0.783. The molecule has 0 aromatic carbocycles. The van der Waals surface area contributed by atoms with Crippen molar-refractivity contribution in [3.63, 3.8) is 0 Å². The number of ketones is 1. The Balaban J connectivity index is 0.00000140. The zero-order valence-electron chi connectivity index (χ0n) is 14.8. The van der Waals surface area contributed by atoms with Crippen LogP contribution < -0.4 is 0 Å². The van der Waals surface area contributed by atoms with E-state index in [1.165, 1.54) is 37.7 Å². The summed E-state index contributed by atoms with van der Waals surface area (Å²) >= 11 is 0. The molecular weight excluding hydrogens is 308 g/mol. The number of fused-ring (bicyclic) bond motifs is 4. The monoisotopic (exact) mass is 340 g/mol. The molecular formula is C23H32O2. The lowest BCUT2D eigenvalue weighted by Gasteiger charge is -2.54. The third kappa shape index (κ3) is 1.65. The molecule has 4 fully saturated rings. The maximum Gasteiger partial charge on any atom is 0.136 e. The highest BCUT2D eigenvalue weighted by Crippen LogP contribution is 2.82. The average molecular weight is 341 g/mol. The van der Waals surface area contributed by atoms with Gasteiger partial charge in [0.05, 0.1) is 12.2 Å². The van der Waals surface area contributed by atoms with Crippen molar-refractivity contribution in [1.29, 1.82) is 0 Å². The molecule has 0 N–H and O–H groups in total. The number of ether oxygens (including phenoxy) is 1. The Hall–Kier alpha value is -0.890. The summed E-state index contributed by atoms with van der Waals surface area (Å²) in [5, 5.41) is 0. The number of rotatable bonds is 0. The van der Waals surface area contributed by atoms with Gasteiger partial charge >= 0.3 is 0 Å². The van der Waals surface area contributed by atoms with Crippen LogP contribution >= 0.6 is 0 Å². The van der Waals surface area contributed by atoms with Gasteiger partial charge in [0.15, 0.2) is 0 Å². The van der Waals surface area contributed by atoms with Crippen LogP contribution in [-0.2, 0) is 9.53 Å². The second kappa shape index (κ2) is 4.88. The first-order chi connectivity index (χ1) is 11.6. The van der Waals surface area contributed by atoms with E-state index in [1.807, 2.05) is 0 Å². The van der Waals surface area contributed by atoms with Gasteiger partial charge in [-0.3, -0.25) is 4.79 Å². The number of allylic oxidation sites excluding steroid dienone is 2. The van der Waals surface area contributed by atoms with Crippen LogP contribution in [0.25, 0.3) is 0 Å². The maximum atomic E-state index is 12.0. The van der Waals surface area contributed by atoms with Gasteiger partial charge in [0.2, 0.25) is 0 Å². The van der Waals surface area contributed by atoms with Gasteiger partial charge in [-0.1, -0.05) is 32.1 Å². The summed E-state index contributed by atoms with van der Waals surface area (Å²) in [7, 11) is 0. The predicted octanol–water partition coefficient (Wildman–Crippen LogP) is 5.23. The van der Waals surface area contributed by atoms with Gasteiger partial charge in [-0.2, -0.15) is 0 Å². The van der Waals surface area contributed by atoms with Gasteiger partial charge in [0, 0.05) is 18.3 Å². The van der Waals surface area contributed by atoms with Crippen LogP contribution in [0.3, 0.4) is 0 Å². The van der Waals surface area contributed by atoms with E-state index in [1.54, 1.807) is 5.57 Å². The molecule has 6 aliphatic rings. The molecule has 0 amide bonds. The van der Waals surface area contributed by atoms with Crippen LogP contribution in [0, 0.1) is 28.6 Å². The van der Waals surface area contributed by atoms with E-state index < -0.39 is 0 Å². The van der Waals surface area contributed by atoms with Gasteiger partial charge in [-0.05, 0) is 73.7 Å². The maximum absolute atomic E-state index is 12.0. The summed E-state index contributed by atoms with van der Waals surface area (Å²) in [4.78, 5) is 12.0. The van der Waals surface area contributed by atoms with Gasteiger partial charge < -0.3 is 4.74 Å². The minimum absolute atomic E-state index is 0. The second-order valence-corrected chi connectivity index (χ2v) is 9.61. The van der Waals surface area contributed by atoms with E-state index in [0.29, 0.717) is 16.6 Å². The summed E-state index contributed by atoms with van der Waals surface area (Å²) in [6.45, 7) is 3.43. The van der Waals surface area contributed by atoms with Crippen LogP contribution in [0.4, 0.5) is 0 Å². The van der Waals surface area contributed by atoms with Gasteiger partial charge in [0.1, 0.15) is 5.78 Å². The summed E-state index contributed by atoms with van der Waals surface area (Å²) in [6, 6.07) is 0. The number of hydrogen-bond donors (Lipinski definition) is 0. The molecule has 6 atom stereocenters. The lowest BCUT2D eigenvalue weighted by molar-refractivity contribution is -0.122. The topological polar surface area (TPSA) is 26.3 Å². The van der Waals surface area contributed by atoms with Crippen molar-refractivity contribution in [3.05, 3.63) is 23.3 Å². The van der Waals surface area contributed by atoms with E-state index in [2.05, 4.69) is 19.1 Å². The Bertz CT molecular complexity index is 703. The Morgan fingerprint density at radius 1 is 1.12 bits per heavy atom. The van der Waals surface area contributed by atoms with Crippen molar-refractivity contribution in [2.24, 2.45) is 28.6 Å². The average Bonchev–Trinajstić information content (AvgIpc) is 3.02. The third-order valence-electron chi connectivity index (χ3n) is 9.21. The zero-order valence-corrected chi connectivity index (χ0v) is 14.8. The van der Waals surface area contributed by atoms with Crippen molar-refractivity contribution in [3.8, 4) is 0 Å². The molecule has 4 saturated carbocycles. The van der Waals surface area contributed by atoms with Crippen LogP contribution in [0.5, 0.6) is 0 Å². The fourth-order valence-electron chi connectivity index (χ4n) is 8.23. The SMILES string of the molecule is C.C[C@]12CCC(=O)CC1=CC[C@@H]1[C@@H]2CC[C@]23C4=CCCOC42CC[C@@H]13. The molecule has 136 valence electrons. The molecule has 2 spiro atoms. The van der Waals surface area contributed by atoms with Crippen molar-refractivity contribution in [1.82, 2.24) is 0 Å². The quantitative estimate of drug-likeness (QED) is 0.564. The first-order valence-electron chi connectivity index (χ1n) is 10.2. The summed E-state index contributed by atoms with van der Waals surface area (Å²) in [5.41, 5.74) is 4.11. The molecule has 2 nitrogen and oxygen atoms in total. The van der Waals surface area contributed by atoms with Crippen LogP contribution in [0.15, 0.2) is 23.3 Å². The van der Waals surface area contributed by atoms with Gasteiger partial charge in [-0.25, -0.2) is 0 Å². The van der Waals surface area contributed by atoms with Crippen molar-refractivity contribution in [2.75, 3.05) is 6.61 Å².